The third-order valence-corrected chi connectivity index (χ3v) is 2.25. The van der Waals surface area contributed by atoms with Gasteiger partial charge in [0.1, 0.15) is 0 Å². The van der Waals surface area contributed by atoms with Crippen LogP contribution in [-0.4, -0.2) is 5.16 Å². The van der Waals surface area contributed by atoms with E-state index in [0.717, 1.165) is 10.9 Å². The van der Waals surface area contributed by atoms with Gasteiger partial charge in [0.2, 0.25) is 11.0 Å². The molecule has 0 fully saturated rings. The van der Waals surface area contributed by atoms with Crippen LogP contribution in [0.15, 0.2) is 22.8 Å². The quantitative estimate of drug-likeness (QED) is 0.547. The molecule has 0 amide bonds. The number of aromatic nitrogens is 2. The highest BCUT2D eigenvalue weighted by atomic mass is 79.9. The molecule has 1 heterocycles. The Hall–Kier alpha value is -1.10. The molecule has 0 saturated carbocycles. The molecule has 0 radical (unpaired) electrons. The van der Waals surface area contributed by atoms with Gasteiger partial charge >= 0.3 is 0 Å². The minimum absolute atomic E-state index is 0.396. The van der Waals surface area contributed by atoms with Crippen LogP contribution in [0.2, 0.25) is 0 Å². The highest BCUT2D eigenvalue weighted by molar-refractivity contribution is 9.08. The van der Waals surface area contributed by atoms with Crippen molar-refractivity contribution in [2.45, 2.75) is 5.33 Å². The molecule has 0 aliphatic rings. The van der Waals surface area contributed by atoms with E-state index in [-0.39, 0.29) is 0 Å². The first-order valence-electron chi connectivity index (χ1n) is 3.35. The van der Waals surface area contributed by atoms with Crippen molar-refractivity contribution in [2.75, 3.05) is 0 Å². The maximum atomic E-state index is 10.9. The Morgan fingerprint density at radius 2 is 2.42 bits per heavy atom. The van der Waals surface area contributed by atoms with E-state index in [1.807, 2.05) is 12.1 Å². The zero-order chi connectivity index (χ0) is 8.55. The van der Waals surface area contributed by atoms with Crippen LogP contribution in [0.4, 0.5) is 0 Å². The van der Waals surface area contributed by atoms with Crippen molar-refractivity contribution in [1.82, 2.24) is 5.16 Å². The Bertz CT molecular complexity index is 413. The summed E-state index contributed by atoms with van der Waals surface area (Å²) in [6, 6.07) is 5.35. The van der Waals surface area contributed by atoms with Crippen molar-refractivity contribution in [1.29, 1.82) is 0 Å². The summed E-state index contributed by atoms with van der Waals surface area (Å²) in [7, 11) is 0. The SMILES string of the molecule is [O-][n+]1onc2cc(CBr)ccc21. The van der Waals surface area contributed by atoms with E-state index in [2.05, 4.69) is 25.7 Å². The maximum Gasteiger partial charge on any atom is 0.248 e. The van der Waals surface area contributed by atoms with Gasteiger partial charge in [0.25, 0.3) is 0 Å². The van der Waals surface area contributed by atoms with Gasteiger partial charge in [0.15, 0.2) is 0 Å². The van der Waals surface area contributed by atoms with E-state index in [1.165, 1.54) is 0 Å². The average molecular weight is 229 g/mol. The van der Waals surface area contributed by atoms with Crippen LogP contribution in [-0.2, 0) is 5.33 Å². The standard InChI is InChI=1S/C7H5BrN2O2/c8-4-5-1-2-7-6(3-5)9-12-10(7)11/h1-3H,4H2. The Labute approximate surface area is 76.4 Å². The monoisotopic (exact) mass is 228 g/mol. The van der Waals surface area contributed by atoms with E-state index in [0.29, 0.717) is 15.9 Å². The fraction of sp³-hybridized carbons (Fsp3) is 0.143. The predicted octanol–water partition coefficient (Wildman–Crippen LogP) is 1.36. The average Bonchev–Trinajstić information content (AvgIpc) is 2.47. The Kier molecular flexibility index (Phi) is 1.73. The van der Waals surface area contributed by atoms with Gasteiger partial charge < -0.3 is 5.21 Å². The molecule has 0 aliphatic heterocycles. The summed E-state index contributed by atoms with van der Waals surface area (Å²) in [5, 5.41) is 15.2. The van der Waals surface area contributed by atoms with Crippen LogP contribution in [0.3, 0.4) is 0 Å². The van der Waals surface area contributed by atoms with Crippen LogP contribution in [0.25, 0.3) is 11.0 Å². The Morgan fingerprint density at radius 1 is 1.58 bits per heavy atom. The lowest BCUT2D eigenvalue weighted by Crippen LogP contribution is -2.22. The smallest absolute Gasteiger partial charge is 0.248 e. The van der Waals surface area contributed by atoms with Gasteiger partial charge in [-0.05, 0) is 16.5 Å². The van der Waals surface area contributed by atoms with E-state index in [9.17, 15) is 5.21 Å². The van der Waals surface area contributed by atoms with Gasteiger partial charge in [0.05, 0.1) is 0 Å². The van der Waals surface area contributed by atoms with Gasteiger partial charge in [-0.15, -0.1) is 0 Å². The second-order valence-corrected chi connectivity index (χ2v) is 2.95. The molecule has 0 bridgehead atoms. The number of nitrogens with zero attached hydrogens (tertiary/aromatic N) is 2. The molecule has 2 aromatic rings. The lowest BCUT2D eigenvalue weighted by molar-refractivity contribution is -0.782. The number of halogens is 1. The van der Waals surface area contributed by atoms with Crippen LogP contribution < -0.4 is 4.90 Å². The molecule has 5 heteroatoms. The molecule has 0 saturated heterocycles. The number of benzene rings is 1. The molecule has 1 aromatic heterocycles. The summed E-state index contributed by atoms with van der Waals surface area (Å²) in [5.41, 5.74) is 2.11. The second-order valence-electron chi connectivity index (χ2n) is 2.39. The van der Waals surface area contributed by atoms with Crippen molar-refractivity contribution in [3.63, 3.8) is 0 Å². The number of alkyl halides is 1. The fourth-order valence-electron chi connectivity index (χ4n) is 1.00. The summed E-state index contributed by atoms with van der Waals surface area (Å²) >= 11 is 3.31. The van der Waals surface area contributed by atoms with Gasteiger partial charge in [-0.3, -0.25) is 4.63 Å². The van der Waals surface area contributed by atoms with E-state index >= 15 is 0 Å². The number of fused-ring (bicyclic) bond motifs is 1. The molecule has 12 heavy (non-hydrogen) atoms. The summed E-state index contributed by atoms with van der Waals surface area (Å²) < 4.78 is 4.41. The lowest BCUT2D eigenvalue weighted by atomic mass is 10.2. The van der Waals surface area contributed by atoms with E-state index < -0.39 is 0 Å². The zero-order valence-electron chi connectivity index (χ0n) is 6.03. The van der Waals surface area contributed by atoms with Gasteiger partial charge in [0, 0.05) is 16.6 Å². The highest BCUT2D eigenvalue weighted by Crippen LogP contribution is 2.12. The molecular weight excluding hydrogens is 224 g/mol. The minimum atomic E-state index is 0.396. The van der Waals surface area contributed by atoms with Gasteiger partial charge in [-0.2, -0.15) is 0 Å². The van der Waals surface area contributed by atoms with Crippen molar-refractivity contribution >= 4 is 27.0 Å². The molecule has 1 aromatic carbocycles. The molecule has 0 spiro atoms. The van der Waals surface area contributed by atoms with Crippen LogP contribution >= 0.6 is 15.9 Å². The van der Waals surface area contributed by atoms with Crippen molar-refractivity contribution < 1.29 is 9.53 Å². The molecule has 0 unspecified atom stereocenters. The third-order valence-electron chi connectivity index (χ3n) is 1.60. The first-order valence-corrected chi connectivity index (χ1v) is 4.48. The first kappa shape index (κ1) is 7.54. The van der Waals surface area contributed by atoms with Crippen LogP contribution in [0, 0.1) is 5.21 Å². The molecule has 4 nitrogen and oxygen atoms in total. The number of hydrogen-bond acceptors (Lipinski definition) is 3. The van der Waals surface area contributed by atoms with E-state index in [4.69, 9.17) is 0 Å². The van der Waals surface area contributed by atoms with E-state index in [1.54, 1.807) is 6.07 Å². The molecular formula is C7H5BrN2O2. The predicted molar refractivity (Wildman–Crippen MR) is 45.6 cm³/mol. The summed E-state index contributed by atoms with van der Waals surface area (Å²) in [6.07, 6.45) is 0. The van der Waals surface area contributed by atoms with Crippen molar-refractivity contribution in [3.8, 4) is 0 Å². The molecule has 0 atom stereocenters. The molecule has 0 aliphatic carbocycles. The topological polar surface area (TPSA) is 53.0 Å². The van der Waals surface area contributed by atoms with Crippen molar-refractivity contribution in [2.24, 2.45) is 0 Å². The molecule has 0 N–H and O–H groups in total. The Balaban J connectivity index is 2.69. The summed E-state index contributed by atoms with van der Waals surface area (Å²) in [4.78, 5) is 0.396. The Morgan fingerprint density at radius 3 is 3.17 bits per heavy atom. The minimum Gasteiger partial charge on any atom is -0.359 e. The van der Waals surface area contributed by atoms with Gasteiger partial charge in [-0.25, -0.2) is 0 Å². The lowest BCUT2D eigenvalue weighted by Gasteiger charge is -1.90. The summed E-state index contributed by atoms with van der Waals surface area (Å²) in [5.74, 6) is 0. The molecule has 62 valence electrons. The third kappa shape index (κ3) is 1.06. The first-order chi connectivity index (χ1) is 5.81. The number of hydrogen-bond donors (Lipinski definition) is 0. The number of rotatable bonds is 1. The second kappa shape index (κ2) is 2.75. The van der Waals surface area contributed by atoms with Crippen molar-refractivity contribution in [3.05, 3.63) is 29.0 Å². The molecule has 2 rings (SSSR count). The highest BCUT2D eigenvalue weighted by Gasteiger charge is 2.08. The normalized spacial score (nSPS) is 10.8. The maximum absolute atomic E-state index is 10.9. The largest absolute Gasteiger partial charge is 0.359 e. The zero-order valence-corrected chi connectivity index (χ0v) is 7.61. The van der Waals surface area contributed by atoms with Crippen LogP contribution in [0.1, 0.15) is 5.56 Å². The summed E-state index contributed by atoms with van der Waals surface area (Å²) in [6.45, 7) is 0. The van der Waals surface area contributed by atoms with Crippen LogP contribution in [0.5, 0.6) is 0 Å². The van der Waals surface area contributed by atoms with Gasteiger partial charge in [-0.1, -0.05) is 22.0 Å². The fourth-order valence-corrected chi connectivity index (χ4v) is 1.35.